The maximum Gasteiger partial charge on any atom is 0.338 e. The molecule has 1 fully saturated rings. The zero-order valence-electron chi connectivity index (χ0n) is 27.8. The molecule has 49 heavy (non-hydrogen) atoms. The van der Waals surface area contributed by atoms with Crippen molar-refractivity contribution in [2.75, 3.05) is 13.2 Å². The van der Waals surface area contributed by atoms with E-state index >= 15 is 0 Å². The third-order valence-corrected chi connectivity index (χ3v) is 7.65. The summed E-state index contributed by atoms with van der Waals surface area (Å²) in [5, 5.41) is 0. The van der Waals surface area contributed by atoms with Crippen LogP contribution in [0.1, 0.15) is 63.9 Å². The minimum atomic E-state index is -0.576. The molecule has 0 unspecified atom stereocenters. The Bertz CT molecular complexity index is 1630. The van der Waals surface area contributed by atoms with Gasteiger partial charge in [0, 0.05) is 17.2 Å². The van der Waals surface area contributed by atoms with Gasteiger partial charge in [0.2, 0.25) is 0 Å². The van der Waals surface area contributed by atoms with E-state index in [1.807, 2.05) is 48.5 Å². The Labute approximate surface area is 287 Å². The largest absolute Gasteiger partial charge is 0.494 e. The van der Waals surface area contributed by atoms with Crippen molar-refractivity contribution < 1.29 is 42.9 Å². The smallest absolute Gasteiger partial charge is 0.338 e. The van der Waals surface area contributed by atoms with Crippen LogP contribution in [0.2, 0.25) is 0 Å². The van der Waals surface area contributed by atoms with E-state index < -0.39 is 23.9 Å². The highest BCUT2D eigenvalue weighted by atomic mass is 16.6. The minimum absolute atomic E-state index is 0.0514. The summed E-state index contributed by atoms with van der Waals surface area (Å²) in [6, 6.07) is 21.6. The van der Waals surface area contributed by atoms with E-state index in [4.69, 9.17) is 23.7 Å². The third kappa shape index (κ3) is 12.6. The molecule has 1 aliphatic carbocycles. The number of hydrogen-bond donors (Lipinski definition) is 0. The number of benzene rings is 3. The summed E-state index contributed by atoms with van der Waals surface area (Å²) < 4.78 is 27.0. The fourth-order valence-electron chi connectivity index (χ4n) is 4.93. The lowest BCUT2D eigenvalue weighted by atomic mass is 9.98. The molecular weight excluding hydrogens is 624 g/mol. The van der Waals surface area contributed by atoms with Gasteiger partial charge in [-0.15, -0.1) is 0 Å². The Morgan fingerprint density at radius 1 is 0.714 bits per heavy atom. The van der Waals surface area contributed by atoms with Crippen LogP contribution >= 0.6 is 0 Å². The van der Waals surface area contributed by atoms with Crippen LogP contribution in [0.3, 0.4) is 0 Å². The number of hydrogen-bond acceptors (Lipinski definition) is 9. The summed E-state index contributed by atoms with van der Waals surface area (Å²) in [4.78, 5) is 48.1. The normalized spacial score (nSPS) is 12.9. The first-order chi connectivity index (χ1) is 23.7. The number of rotatable bonds is 16. The van der Waals surface area contributed by atoms with Crippen LogP contribution in [-0.4, -0.2) is 43.2 Å². The van der Waals surface area contributed by atoms with E-state index in [9.17, 15) is 19.2 Å². The van der Waals surface area contributed by atoms with Gasteiger partial charge in [-0.2, -0.15) is 0 Å². The van der Waals surface area contributed by atoms with Crippen LogP contribution < -0.4 is 14.2 Å². The van der Waals surface area contributed by atoms with Gasteiger partial charge in [0.25, 0.3) is 0 Å². The fraction of sp³-hybridized carbons (Fsp3) is 0.300. The molecule has 0 atom stereocenters. The maximum atomic E-state index is 12.3. The first kappa shape index (κ1) is 36.4. The van der Waals surface area contributed by atoms with Crippen LogP contribution in [0.5, 0.6) is 17.2 Å². The monoisotopic (exact) mass is 666 g/mol. The van der Waals surface area contributed by atoms with Gasteiger partial charge in [-0.05, 0) is 105 Å². The van der Waals surface area contributed by atoms with Crippen LogP contribution in [0.15, 0.2) is 103 Å². The first-order valence-electron chi connectivity index (χ1n) is 16.4. The molecule has 4 rings (SSSR count). The predicted molar refractivity (Wildman–Crippen MR) is 186 cm³/mol. The maximum absolute atomic E-state index is 12.3. The number of carbonyl (C=O) groups excluding carboxylic acids is 4. The van der Waals surface area contributed by atoms with Crippen LogP contribution in [0.25, 0.3) is 17.2 Å². The van der Waals surface area contributed by atoms with Crippen molar-refractivity contribution >= 4 is 30.0 Å². The van der Waals surface area contributed by atoms with Gasteiger partial charge in [-0.25, -0.2) is 14.4 Å². The highest BCUT2D eigenvalue weighted by molar-refractivity contribution is 5.93. The van der Waals surface area contributed by atoms with Crippen LogP contribution in [0, 0.1) is 0 Å². The van der Waals surface area contributed by atoms with Gasteiger partial charge in [0.15, 0.2) is 0 Å². The molecule has 0 amide bonds. The van der Waals surface area contributed by atoms with E-state index in [2.05, 4.69) is 13.2 Å². The Morgan fingerprint density at radius 2 is 1.29 bits per heavy atom. The molecule has 0 bridgehead atoms. The number of unbranched alkanes of at least 4 members (excludes halogenated alkanes) is 1. The third-order valence-electron chi connectivity index (χ3n) is 7.65. The van der Waals surface area contributed by atoms with Crippen molar-refractivity contribution in [3.63, 3.8) is 0 Å². The quantitative estimate of drug-likeness (QED) is 0.0650. The Balaban J connectivity index is 1.11. The molecule has 0 spiro atoms. The van der Waals surface area contributed by atoms with Gasteiger partial charge in [-0.1, -0.05) is 56.0 Å². The zero-order valence-corrected chi connectivity index (χ0v) is 27.8. The SMILES string of the molecule is C=C(C)C(=O)Oc1ccc(OC(=O)/C=C/c2ccc(-c3ccc(OCCCCOC(=O)C(=C)CC(=O)OC4CCCCC4)cc3)cc2)cc1. The van der Waals surface area contributed by atoms with Crippen molar-refractivity contribution in [3.8, 4) is 28.4 Å². The topological polar surface area (TPSA) is 114 Å². The highest BCUT2D eigenvalue weighted by Gasteiger charge is 2.20. The second-order valence-electron chi connectivity index (χ2n) is 11.8. The van der Waals surface area contributed by atoms with Gasteiger partial charge in [-0.3, -0.25) is 4.79 Å². The standard InChI is InChI=1S/C40H42O9/c1-28(2)39(43)49-36-22-20-35(21-23-36)47-37(41)24-13-30-11-14-31(15-12-30)32-16-18-33(19-17-32)45-25-7-8-26-46-40(44)29(3)27-38(42)48-34-9-5-4-6-10-34/h11-24,34H,1,3-10,25-27H2,2H3/b24-13+. The van der Waals surface area contributed by atoms with Crippen molar-refractivity contribution in [1.82, 2.24) is 0 Å². The van der Waals surface area contributed by atoms with E-state index in [-0.39, 0.29) is 30.3 Å². The van der Waals surface area contributed by atoms with Crippen molar-refractivity contribution in [3.05, 3.63) is 109 Å². The molecule has 0 N–H and O–H groups in total. The first-order valence-corrected chi connectivity index (χ1v) is 16.4. The molecule has 9 nitrogen and oxygen atoms in total. The molecule has 3 aromatic carbocycles. The van der Waals surface area contributed by atoms with E-state index in [1.54, 1.807) is 13.0 Å². The summed E-state index contributed by atoms with van der Waals surface area (Å²) in [6.07, 6.45) is 9.16. The van der Waals surface area contributed by atoms with Crippen LogP contribution in [0.4, 0.5) is 0 Å². The van der Waals surface area contributed by atoms with Crippen molar-refractivity contribution in [1.29, 1.82) is 0 Å². The molecule has 1 saturated carbocycles. The molecule has 0 saturated heterocycles. The van der Waals surface area contributed by atoms with E-state index in [0.29, 0.717) is 30.9 Å². The summed E-state index contributed by atoms with van der Waals surface area (Å²) in [5.74, 6) is -0.693. The fourth-order valence-corrected chi connectivity index (χ4v) is 4.93. The Hall–Kier alpha value is -5.44. The highest BCUT2D eigenvalue weighted by Crippen LogP contribution is 2.24. The van der Waals surface area contributed by atoms with E-state index in [0.717, 1.165) is 48.1 Å². The Kier molecular flexibility index (Phi) is 14.0. The average Bonchev–Trinajstić information content (AvgIpc) is 3.10. The molecule has 0 radical (unpaired) electrons. The van der Waals surface area contributed by atoms with E-state index in [1.165, 1.54) is 36.8 Å². The number of esters is 4. The second kappa shape index (κ2) is 18.8. The molecule has 3 aromatic rings. The molecule has 0 heterocycles. The zero-order chi connectivity index (χ0) is 35.0. The number of ether oxygens (including phenoxy) is 5. The molecule has 0 aromatic heterocycles. The Morgan fingerprint density at radius 3 is 1.92 bits per heavy atom. The second-order valence-corrected chi connectivity index (χ2v) is 11.8. The molecule has 0 aliphatic heterocycles. The summed E-state index contributed by atoms with van der Waals surface area (Å²) >= 11 is 0. The molecule has 256 valence electrons. The van der Waals surface area contributed by atoms with Crippen molar-refractivity contribution in [2.24, 2.45) is 0 Å². The molecule has 1 aliphatic rings. The van der Waals surface area contributed by atoms with Gasteiger partial charge < -0.3 is 23.7 Å². The van der Waals surface area contributed by atoms with Gasteiger partial charge in [0.05, 0.1) is 19.6 Å². The lowest BCUT2D eigenvalue weighted by Gasteiger charge is -2.21. The summed E-state index contributed by atoms with van der Waals surface area (Å²) in [7, 11) is 0. The summed E-state index contributed by atoms with van der Waals surface area (Å²) in [5.41, 5.74) is 3.23. The lowest BCUT2D eigenvalue weighted by Crippen LogP contribution is -2.22. The predicted octanol–water partition coefficient (Wildman–Crippen LogP) is 7.98. The van der Waals surface area contributed by atoms with Crippen LogP contribution in [-0.2, 0) is 28.7 Å². The van der Waals surface area contributed by atoms with Crippen molar-refractivity contribution in [2.45, 2.75) is 64.4 Å². The lowest BCUT2D eigenvalue weighted by molar-refractivity contribution is -0.151. The molecular formula is C40H42O9. The van der Waals surface area contributed by atoms with Gasteiger partial charge in [0.1, 0.15) is 23.4 Å². The molecule has 9 heteroatoms. The van der Waals surface area contributed by atoms with Gasteiger partial charge >= 0.3 is 23.9 Å². The number of carbonyl (C=O) groups is 4. The minimum Gasteiger partial charge on any atom is -0.494 e. The average molecular weight is 667 g/mol. The summed E-state index contributed by atoms with van der Waals surface area (Å²) in [6.45, 7) is 9.46.